The molecule has 32 heavy (non-hydrogen) atoms. The van der Waals surface area contributed by atoms with Crippen LogP contribution in [0.25, 0.3) is 0 Å². The van der Waals surface area contributed by atoms with Crippen LogP contribution in [0.1, 0.15) is 76.3 Å². The molecule has 2 aromatic rings. The second-order valence-corrected chi connectivity index (χ2v) is 9.10. The summed E-state index contributed by atoms with van der Waals surface area (Å²) in [4.78, 5) is 26.7. The van der Waals surface area contributed by atoms with Crippen LogP contribution in [0, 0.1) is 0 Å². The zero-order chi connectivity index (χ0) is 23.2. The number of ketones is 2. The Hall–Kier alpha value is -2.94. The molecule has 1 spiro atoms. The fourth-order valence-corrected chi connectivity index (χ4v) is 5.48. The molecular weight excluding hydrogens is 416 g/mol. The first-order valence-electron chi connectivity index (χ1n) is 10.4. The average molecular weight is 440 g/mol. The molecule has 3 N–H and O–H groups in total. The molecule has 1 aliphatic heterocycles. The van der Waals surface area contributed by atoms with Gasteiger partial charge in [0.05, 0.1) is 36.0 Å². The van der Waals surface area contributed by atoms with Crippen molar-refractivity contribution in [2.24, 2.45) is 0 Å². The van der Waals surface area contributed by atoms with E-state index in [2.05, 4.69) is 0 Å². The number of phenolic OH excluding ortho intramolecular Hbond substituents is 2. The van der Waals surface area contributed by atoms with E-state index >= 15 is 0 Å². The fraction of sp³-hybridized carbons (Fsp3) is 0.417. The molecule has 0 aromatic heterocycles. The molecule has 0 saturated carbocycles. The van der Waals surface area contributed by atoms with Gasteiger partial charge in [0.25, 0.3) is 0 Å². The lowest BCUT2D eigenvalue weighted by atomic mass is 9.71. The van der Waals surface area contributed by atoms with Crippen molar-refractivity contribution in [2.45, 2.75) is 57.2 Å². The van der Waals surface area contributed by atoms with Crippen molar-refractivity contribution >= 4 is 11.6 Å². The highest BCUT2D eigenvalue weighted by Crippen LogP contribution is 2.54. The molecule has 8 nitrogen and oxygen atoms in total. The summed E-state index contributed by atoms with van der Waals surface area (Å²) in [6.45, 7) is 5.34. The first kappa shape index (κ1) is 20.9. The minimum atomic E-state index is -1.24. The Morgan fingerprint density at radius 1 is 1.06 bits per heavy atom. The smallest absolute Gasteiger partial charge is 0.202 e. The monoisotopic (exact) mass is 440 g/mol. The van der Waals surface area contributed by atoms with Crippen molar-refractivity contribution in [3.8, 4) is 17.2 Å². The van der Waals surface area contributed by atoms with Crippen LogP contribution in [-0.2, 0) is 15.9 Å². The maximum atomic E-state index is 13.4. The number of hydrogen-bond donors (Lipinski definition) is 3. The van der Waals surface area contributed by atoms with Gasteiger partial charge < -0.3 is 29.5 Å². The Labute approximate surface area is 184 Å². The summed E-state index contributed by atoms with van der Waals surface area (Å²) >= 11 is 0. The maximum Gasteiger partial charge on any atom is 0.202 e. The van der Waals surface area contributed by atoms with E-state index in [-0.39, 0.29) is 52.0 Å². The lowest BCUT2D eigenvalue weighted by molar-refractivity contribution is -0.170. The van der Waals surface area contributed by atoms with Crippen LogP contribution in [-0.4, -0.2) is 51.5 Å². The van der Waals surface area contributed by atoms with E-state index in [4.69, 9.17) is 14.2 Å². The van der Waals surface area contributed by atoms with Gasteiger partial charge in [-0.1, -0.05) is 12.1 Å². The number of methoxy groups -OCH3 is 1. The number of fused-ring (bicyclic) bond motifs is 3. The number of aromatic hydroxyl groups is 2. The highest BCUT2D eigenvalue weighted by atomic mass is 16.8. The van der Waals surface area contributed by atoms with E-state index < -0.39 is 46.7 Å². The third kappa shape index (κ3) is 2.60. The lowest BCUT2D eigenvalue weighted by Crippen LogP contribution is -2.45. The second kappa shape index (κ2) is 6.54. The number of carbonyl (C=O) groups excluding carboxylic acids is 2. The van der Waals surface area contributed by atoms with Crippen molar-refractivity contribution < 1.29 is 39.1 Å². The van der Waals surface area contributed by atoms with Crippen LogP contribution in [0.4, 0.5) is 0 Å². The summed E-state index contributed by atoms with van der Waals surface area (Å²) in [5, 5.41) is 33.3. The summed E-state index contributed by atoms with van der Waals surface area (Å²) in [6, 6.07) is 4.60. The third-order valence-electron chi connectivity index (χ3n) is 6.76. The van der Waals surface area contributed by atoms with Gasteiger partial charge >= 0.3 is 0 Å². The van der Waals surface area contributed by atoms with Gasteiger partial charge in [0.1, 0.15) is 22.8 Å². The predicted molar refractivity (Wildman–Crippen MR) is 111 cm³/mol. The van der Waals surface area contributed by atoms with Crippen molar-refractivity contribution in [3.05, 3.63) is 51.6 Å². The topological polar surface area (TPSA) is 123 Å². The Balaban J connectivity index is 1.74. The molecule has 2 aliphatic carbocycles. The number of benzene rings is 2. The van der Waals surface area contributed by atoms with E-state index in [0.717, 1.165) is 0 Å². The van der Waals surface area contributed by atoms with Crippen molar-refractivity contribution in [1.29, 1.82) is 0 Å². The maximum absolute atomic E-state index is 13.4. The normalized spacial score (nSPS) is 27.8. The van der Waals surface area contributed by atoms with Crippen LogP contribution in [0.2, 0.25) is 0 Å². The Morgan fingerprint density at radius 2 is 1.75 bits per heavy atom. The first-order valence-corrected chi connectivity index (χ1v) is 10.4. The number of ether oxygens (including phenoxy) is 3. The molecule has 0 amide bonds. The molecule has 3 aliphatic rings. The quantitative estimate of drug-likeness (QED) is 0.494. The SMILES string of the molecule is COc1cccc2c1C(=O)c1c(O)c3c(c(O)c1C2=O)C[C@@]1(C[C@@H]3O)OC(C)(C)O[C@H]1C. The van der Waals surface area contributed by atoms with Gasteiger partial charge in [-0.25, -0.2) is 0 Å². The Kier molecular flexibility index (Phi) is 4.28. The summed E-state index contributed by atoms with van der Waals surface area (Å²) < 4.78 is 17.3. The highest BCUT2D eigenvalue weighted by Gasteiger charge is 2.56. The van der Waals surface area contributed by atoms with Gasteiger partial charge in [0.15, 0.2) is 11.6 Å². The minimum Gasteiger partial charge on any atom is -0.507 e. The molecule has 0 bridgehead atoms. The Bertz CT molecular complexity index is 1200. The summed E-state index contributed by atoms with van der Waals surface area (Å²) in [7, 11) is 1.38. The molecule has 2 aromatic carbocycles. The molecular formula is C24H24O8. The van der Waals surface area contributed by atoms with Gasteiger partial charge in [-0.3, -0.25) is 9.59 Å². The van der Waals surface area contributed by atoms with Gasteiger partial charge in [-0.2, -0.15) is 0 Å². The largest absolute Gasteiger partial charge is 0.507 e. The van der Waals surface area contributed by atoms with Crippen LogP contribution < -0.4 is 4.74 Å². The summed E-state index contributed by atoms with van der Waals surface area (Å²) in [5.41, 5.74) is -1.24. The zero-order valence-electron chi connectivity index (χ0n) is 18.2. The number of hydrogen-bond acceptors (Lipinski definition) is 8. The van der Waals surface area contributed by atoms with Crippen molar-refractivity contribution in [1.82, 2.24) is 0 Å². The number of aliphatic hydroxyl groups excluding tert-OH is 1. The molecule has 8 heteroatoms. The number of aliphatic hydroxyl groups is 1. The highest BCUT2D eigenvalue weighted by molar-refractivity contribution is 6.31. The number of phenols is 2. The molecule has 0 radical (unpaired) electrons. The third-order valence-corrected chi connectivity index (χ3v) is 6.76. The van der Waals surface area contributed by atoms with Crippen molar-refractivity contribution in [3.63, 3.8) is 0 Å². The number of rotatable bonds is 1. The fourth-order valence-electron chi connectivity index (χ4n) is 5.48. The van der Waals surface area contributed by atoms with Crippen LogP contribution in [0.5, 0.6) is 17.2 Å². The van der Waals surface area contributed by atoms with Crippen LogP contribution in [0.3, 0.4) is 0 Å². The summed E-state index contributed by atoms with van der Waals surface area (Å²) in [5.74, 6) is -2.89. The standard InChI is InChI=1S/C24H24O8/c1-10-24(32-23(2,3)31-10)8-12-15(13(25)9-24)21(28)18-17(20(12)27)19(26)11-6-5-7-14(30-4)16(11)22(18)29/h5-7,10,13,25,27-28H,8-9H2,1-4H3/t10-,13-,24-/m0/s1. The molecule has 1 saturated heterocycles. The van der Waals surface area contributed by atoms with E-state index in [1.807, 2.05) is 6.92 Å². The van der Waals surface area contributed by atoms with E-state index in [0.29, 0.717) is 0 Å². The predicted octanol–water partition coefficient (Wildman–Crippen LogP) is 2.77. The minimum absolute atomic E-state index is 0.0202. The lowest BCUT2D eigenvalue weighted by Gasteiger charge is -2.40. The average Bonchev–Trinajstić information content (AvgIpc) is 2.94. The van der Waals surface area contributed by atoms with Crippen molar-refractivity contribution in [2.75, 3.05) is 7.11 Å². The van der Waals surface area contributed by atoms with Gasteiger partial charge in [-0.05, 0) is 26.8 Å². The van der Waals surface area contributed by atoms with Gasteiger partial charge in [-0.15, -0.1) is 0 Å². The Morgan fingerprint density at radius 3 is 2.38 bits per heavy atom. The molecule has 5 rings (SSSR count). The molecule has 0 unspecified atom stereocenters. The van der Waals surface area contributed by atoms with Crippen LogP contribution in [0.15, 0.2) is 18.2 Å². The molecule has 1 fully saturated rings. The van der Waals surface area contributed by atoms with Crippen LogP contribution >= 0.6 is 0 Å². The molecule has 168 valence electrons. The van der Waals surface area contributed by atoms with E-state index in [1.54, 1.807) is 26.0 Å². The van der Waals surface area contributed by atoms with Gasteiger partial charge in [0, 0.05) is 29.5 Å². The van der Waals surface area contributed by atoms with E-state index in [9.17, 15) is 24.9 Å². The zero-order valence-corrected chi connectivity index (χ0v) is 18.2. The first-order chi connectivity index (χ1) is 15.0. The second-order valence-electron chi connectivity index (χ2n) is 9.10. The van der Waals surface area contributed by atoms with Gasteiger partial charge in [0.2, 0.25) is 5.78 Å². The number of carbonyl (C=O) groups is 2. The molecule has 1 heterocycles. The van der Waals surface area contributed by atoms with E-state index in [1.165, 1.54) is 13.2 Å². The molecule has 3 atom stereocenters. The summed E-state index contributed by atoms with van der Waals surface area (Å²) in [6.07, 6.45) is -1.46.